The van der Waals surface area contributed by atoms with E-state index in [9.17, 15) is 5.11 Å². The Morgan fingerprint density at radius 1 is 1.17 bits per heavy atom. The smallest absolute Gasteiger partial charge is 0.115 e. The normalized spacial score (nSPS) is 12.7. The van der Waals surface area contributed by atoms with Gasteiger partial charge in [-0.25, -0.2) is 4.98 Å². The van der Waals surface area contributed by atoms with Crippen LogP contribution in [0.3, 0.4) is 0 Å². The van der Waals surface area contributed by atoms with E-state index in [2.05, 4.69) is 15.0 Å². The lowest BCUT2D eigenvalue weighted by Gasteiger charge is -2.10. The molecule has 5 heteroatoms. The van der Waals surface area contributed by atoms with Crippen molar-refractivity contribution < 1.29 is 5.11 Å². The summed E-state index contributed by atoms with van der Waals surface area (Å²) < 4.78 is 1.91. The summed E-state index contributed by atoms with van der Waals surface area (Å²) in [6.45, 7) is 0.416. The van der Waals surface area contributed by atoms with Gasteiger partial charge in [0.05, 0.1) is 35.8 Å². The van der Waals surface area contributed by atoms with E-state index < -0.39 is 6.10 Å². The molecule has 0 radical (unpaired) electrons. The lowest BCUT2D eigenvalue weighted by Crippen LogP contribution is -2.09. The van der Waals surface area contributed by atoms with Crippen molar-refractivity contribution in [2.75, 3.05) is 0 Å². The molecule has 1 N–H and O–H groups in total. The van der Waals surface area contributed by atoms with Gasteiger partial charge in [-0.15, -0.1) is 0 Å². The molecule has 3 rings (SSSR count). The molecule has 0 amide bonds. The molecule has 0 aliphatic heterocycles. The zero-order chi connectivity index (χ0) is 12.4. The molecule has 0 aliphatic rings. The van der Waals surface area contributed by atoms with Gasteiger partial charge in [0.25, 0.3) is 0 Å². The molecule has 90 valence electrons. The number of imidazole rings is 1. The Labute approximate surface area is 104 Å². The maximum Gasteiger partial charge on any atom is 0.115 e. The van der Waals surface area contributed by atoms with Crippen molar-refractivity contribution in [3.63, 3.8) is 0 Å². The van der Waals surface area contributed by atoms with Crippen LogP contribution in [0.4, 0.5) is 0 Å². The standard InChI is InChI=1S/C13H12N4O/c18-13(11-7-14-5-6-15-11)8-17-9-16-10-3-1-2-4-12(10)17/h1-7,9,13,18H,8H2. The van der Waals surface area contributed by atoms with Gasteiger partial charge >= 0.3 is 0 Å². The van der Waals surface area contributed by atoms with E-state index in [0.717, 1.165) is 11.0 Å². The van der Waals surface area contributed by atoms with E-state index >= 15 is 0 Å². The molecule has 1 unspecified atom stereocenters. The summed E-state index contributed by atoms with van der Waals surface area (Å²) in [5.74, 6) is 0. The van der Waals surface area contributed by atoms with Crippen LogP contribution in [-0.2, 0) is 6.54 Å². The maximum absolute atomic E-state index is 10.1. The van der Waals surface area contributed by atoms with Crippen LogP contribution in [0, 0.1) is 0 Å². The molecule has 0 bridgehead atoms. The van der Waals surface area contributed by atoms with Crippen LogP contribution in [0.25, 0.3) is 11.0 Å². The number of nitrogens with zero attached hydrogens (tertiary/aromatic N) is 4. The summed E-state index contributed by atoms with van der Waals surface area (Å²) in [5.41, 5.74) is 2.49. The number of hydrogen-bond acceptors (Lipinski definition) is 4. The summed E-state index contributed by atoms with van der Waals surface area (Å²) in [5, 5.41) is 10.1. The van der Waals surface area contributed by atoms with E-state index in [-0.39, 0.29) is 0 Å². The highest BCUT2D eigenvalue weighted by Gasteiger charge is 2.11. The fraction of sp³-hybridized carbons (Fsp3) is 0.154. The molecule has 0 aliphatic carbocycles. The first-order chi connectivity index (χ1) is 8.84. The number of para-hydroxylation sites is 2. The van der Waals surface area contributed by atoms with Crippen LogP contribution in [0.5, 0.6) is 0 Å². The number of rotatable bonds is 3. The van der Waals surface area contributed by atoms with Crippen LogP contribution in [-0.4, -0.2) is 24.6 Å². The Morgan fingerprint density at radius 2 is 2.06 bits per heavy atom. The van der Waals surface area contributed by atoms with Gasteiger partial charge in [0.2, 0.25) is 0 Å². The number of aromatic nitrogens is 4. The predicted octanol–water partition coefficient (Wildman–Crippen LogP) is 1.56. The number of hydrogen-bond donors (Lipinski definition) is 1. The minimum Gasteiger partial charge on any atom is -0.385 e. The lowest BCUT2D eigenvalue weighted by molar-refractivity contribution is 0.153. The number of benzene rings is 1. The highest BCUT2D eigenvalue weighted by molar-refractivity contribution is 5.74. The molecule has 2 heterocycles. The number of aliphatic hydroxyl groups is 1. The second-order valence-corrected chi connectivity index (χ2v) is 4.03. The summed E-state index contributed by atoms with van der Waals surface area (Å²) >= 11 is 0. The van der Waals surface area contributed by atoms with Gasteiger partial charge in [0, 0.05) is 12.4 Å². The first kappa shape index (κ1) is 10.9. The van der Waals surface area contributed by atoms with Gasteiger partial charge in [-0.05, 0) is 12.1 Å². The van der Waals surface area contributed by atoms with Crippen molar-refractivity contribution >= 4 is 11.0 Å². The van der Waals surface area contributed by atoms with Gasteiger partial charge in [0.15, 0.2) is 0 Å². The van der Waals surface area contributed by atoms with E-state index in [1.807, 2.05) is 28.8 Å². The van der Waals surface area contributed by atoms with Crippen molar-refractivity contribution in [3.05, 3.63) is 54.9 Å². The second-order valence-electron chi connectivity index (χ2n) is 4.03. The Balaban J connectivity index is 1.89. The zero-order valence-corrected chi connectivity index (χ0v) is 9.64. The summed E-state index contributed by atoms with van der Waals surface area (Å²) in [7, 11) is 0. The molecule has 3 aromatic rings. The van der Waals surface area contributed by atoms with Crippen LogP contribution in [0.1, 0.15) is 11.8 Å². The van der Waals surface area contributed by atoms with Crippen LogP contribution in [0.15, 0.2) is 49.2 Å². The lowest BCUT2D eigenvalue weighted by atomic mass is 10.2. The Kier molecular flexibility index (Phi) is 2.74. The maximum atomic E-state index is 10.1. The third kappa shape index (κ3) is 1.96. The zero-order valence-electron chi connectivity index (χ0n) is 9.64. The minimum atomic E-state index is -0.684. The van der Waals surface area contributed by atoms with Gasteiger partial charge < -0.3 is 9.67 Å². The Hall–Kier alpha value is -2.27. The molecule has 0 saturated carbocycles. The Bertz CT molecular complexity index is 650. The van der Waals surface area contributed by atoms with Gasteiger partial charge in [-0.2, -0.15) is 0 Å². The van der Waals surface area contributed by atoms with Gasteiger partial charge in [-0.3, -0.25) is 9.97 Å². The number of fused-ring (bicyclic) bond motifs is 1. The molecule has 0 saturated heterocycles. The van der Waals surface area contributed by atoms with Crippen molar-refractivity contribution in [1.29, 1.82) is 0 Å². The van der Waals surface area contributed by atoms with E-state index in [0.29, 0.717) is 12.2 Å². The topological polar surface area (TPSA) is 63.8 Å². The molecule has 0 spiro atoms. The third-order valence-electron chi connectivity index (χ3n) is 2.82. The van der Waals surface area contributed by atoms with Crippen LogP contribution >= 0.6 is 0 Å². The van der Waals surface area contributed by atoms with Crippen molar-refractivity contribution in [2.45, 2.75) is 12.6 Å². The predicted molar refractivity (Wildman–Crippen MR) is 66.7 cm³/mol. The minimum absolute atomic E-state index is 0.416. The Morgan fingerprint density at radius 3 is 2.89 bits per heavy atom. The largest absolute Gasteiger partial charge is 0.385 e. The highest BCUT2D eigenvalue weighted by atomic mass is 16.3. The molecule has 2 aromatic heterocycles. The first-order valence-corrected chi connectivity index (χ1v) is 5.68. The molecular weight excluding hydrogens is 228 g/mol. The molecule has 18 heavy (non-hydrogen) atoms. The highest BCUT2D eigenvalue weighted by Crippen LogP contribution is 2.16. The van der Waals surface area contributed by atoms with E-state index in [1.54, 1.807) is 24.9 Å². The van der Waals surface area contributed by atoms with Crippen molar-refractivity contribution in [3.8, 4) is 0 Å². The van der Waals surface area contributed by atoms with E-state index in [4.69, 9.17) is 0 Å². The third-order valence-corrected chi connectivity index (χ3v) is 2.82. The first-order valence-electron chi connectivity index (χ1n) is 5.68. The van der Waals surface area contributed by atoms with Crippen molar-refractivity contribution in [2.24, 2.45) is 0 Å². The van der Waals surface area contributed by atoms with Crippen LogP contribution < -0.4 is 0 Å². The summed E-state index contributed by atoms with van der Waals surface area (Å²) in [4.78, 5) is 12.3. The van der Waals surface area contributed by atoms with Gasteiger partial charge in [-0.1, -0.05) is 12.1 Å². The quantitative estimate of drug-likeness (QED) is 0.754. The second kappa shape index (κ2) is 4.54. The molecule has 5 nitrogen and oxygen atoms in total. The van der Waals surface area contributed by atoms with E-state index in [1.165, 1.54) is 0 Å². The molecule has 0 fully saturated rings. The van der Waals surface area contributed by atoms with Crippen molar-refractivity contribution in [1.82, 2.24) is 19.5 Å². The fourth-order valence-electron chi connectivity index (χ4n) is 1.92. The average molecular weight is 240 g/mol. The molecule has 1 aromatic carbocycles. The van der Waals surface area contributed by atoms with Crippen LogP contribution in [0.2, 0.25) is 0 Å². The summed E-state index contributed by atoms with van der Waals surface area (Å²) in [6.07, 6.45) is 5.78. The molecule has 1 atom stereocenters. The monoisotopic (exact) mass is 240 g/mol. The SMILES string of the molecule is OC(Cn1cnc2ccccc21)c1cnccn1. The average Bonchev–Trinajstić information content (AvgIpc) is 2.83. The van der Waals surface area contributed by atoms with Gasteiger partial charge in [0.1, 0.15) is 6.10 Å². The number of aliphatic hydroxyl groups excluding tert-OH is 1. The molecular formula is C13H12N4O. The summed E-state index contributed by atoms with van der Waals surface area (Å²) in [6, 6.07) is 7.82. The fourth-order valence-corrected chi connectivity index (χ4v) is 1.92.